The maximum atomic E-state index is 12.0. The van der Waals surface area contributed by atoms with Gasteiger partial charge in [-0.25, -0.2) is 4.79 Å². The summed E-state index contributed by atoms with van der Waals surface area (Å²) < 4.78 is 0. The molecule has 0 saturated carbocycles. The van der Waals surface area contributed by atoms with Crippen molar-refractivity contribution in [3.63, 3.8) is 0 Å². The van der Waals surface area contributed by atoms with Crippen LogP contribution in [-0.2, 0) is 0 Å². The number of nitrogens with zero attached hydrogens (tertiary/aromatic N) is 2. The molecular formula is C12H16N4O3. The predicted molar refractivity (Wildman–Crippen MR) is 71.2 cm³/mol. The van der Waals surface area contributed by atoms with Crippen molar-refractivity contribution in [3.05, 3.63) is 34.4 Å². The molecule has 7 nitrogen and oxygen atoms in total. The highest BCUT2D eigenvalue weighted by Crippen LogP contribution is 2.17. The van der Waals surface area contributed by atoms with Crippen LogP contribution in [0.15, 0.2) is 24.3 Å². The van der Waals surface area contributed by atoms with Gasteiger partial charge in [0.15, 0.2) is 0 Å². The fourth-order valence-electron chi connectivity index (χ4n) is 2.02. The van der Waals surface area contributed by atoms with Crippen LogP contribution in [0.5, 0.6) is 0 Å². The maximum absolute atomic E-state index is 12.0. The van der Waals surface area contributed by atoms with Crippen molar-refractivity contribution >= 4 is 17.4 Å². The first kappa shape index (κ1) is 13.3. The molecule has 1 heterocycles. The lowest BCUT2D eigenvalue weighted by atomic mass is 10.2. The van der Waals surface area contributed by atoms with Gasteiger partial charge in [-0.3, -0.25) is 10.1 Å². The van der Waals surface area contributed by atoms with Gasteiger partial charge in [0.1, 0.15) is 0 Å². The van der Waals surface area contributed by atoms with E-state index in [1.165, 1.54) is 12.1 Å². The Bertz CT molecular complexity index is 492. The Hall–Kier alpha value is -2.15. The lowest BCUT2D eigenvalue weighted by Gasteiger charge is -2.31. The van der Waals surface area contributed by atoms with E-state index in [0.717, 1.165) is 6.54 Å². The van der Waals surface area contributed by atoms with Crippen molar-refractivity contribution in [2.24, 2.45) is 0 Å². The zero-order valence-electron chi connectivity index (χ0n) is 10.6. The van der Waals surface area contributed by atoms with Crippen LogP contribution in [0.2, 0.25) is 0 Å². The highest BCUT2D eigenvalue weighted by atomic mass is 16.6. The standard InChI is InChI=1S/C12H16N4O3/c1-9-8-15(6-5-13-9)12(17)14-10-3-2-4-11(7-10)16(18)19/h2-4,7,9,13H,5-6,8H2,1H3,(H,14,17)/t9-/m0/s1. The molecule has 2 N–H and O–H groups in total. The summed E-state index contributed by atoms with van der Waals surface area (Å²) in [5, 5.41) is 16.6. The number of nitro groups is 1. The number of non-ortho nitro benzene ring substituents is 1. The highest BCUT2D eigenvalue weighted by Gasteiger charge is 2.20. The summed E-state index contributed by atoms with van der Waals surface area (Å²) in [7, 11) is 0. The van der Waals surface area contributed by atoms with Gasteiger partial charge in [-0.15, -0.1) is 0 Å². The number of urea groups is 1. The van der Waals surface area contributed by atoms with Gasteiger partial charge in [0, 0.05) is 43.5 Å². The lowest BCUT2D eigenvalue weighted by Crippen LogP contribution is -2.52. The number of hydrogen-bond donors (Lipinski definition) is 2. The van der Waals surface area contributed by atoms with Crippen LogP contribution < -0.4 is 10.6 Å². The maximum Gasteiger partial charge on any atom is 0.321 e. The Labute approximate surface area is 110 Å². The van der Waals surface area contributed by atoms with Crippen molar-refractivity contribution in [3.8, 4) is 0 Å². The van der Waals surface area contributed by atoms with Crippen molar-refractivity contribution in [1.82, 2.24) is 10.2 Å². The number of piperazine rings is 1. The van der Waals surface area contributed by atoms with E-state index in [2.05, 4.69) is 10.6 Å². The van der Waals surface area contributed by atoms with E-state index in [-0.39, 0.29) is 17.8 Å². The molecule has 7 heteroatoms. The van der Waals surface area contributed by atoms with E-state index in [4.69, 9.17) is 0 Å². The molecule has 1 aromatic carbocycles. The number of amides is 2. The molecule has 0 unspecified atom stereocenters. The minimum absolute atomic E-state index is 0.0357. The summed E-state index contributed by atoms with van der Waals surface area (Å²) >= 11 is 0. The molecule has 1 aromatic rings. The Morgan fingerprint density at radius 1 is 1.58 bits per heavy atom. The van der Waals surface area contributed by atoms with Crippen molar-refractivity contribution in [1.29, 1.82) is 0 Å². The second-order valence-corrected chi connectivity index (χ2v) is 4.54. The SMILES string of the molecule is C[C@H]1CN(C(=O)Nc2cccc([N+](=O)[O-])c2)CCN1. The zero-order chi connectivity index (χ0) is 13.8. The minimum Gasteiger partial charge on any atom is -0.322 e. The third-order valence-corrected chi connectivity index (χ3v) is 2.96. The second kappa shape index (κ2) is 5.66. The fourth-order valence-corrected chi connectivity index (χ4v) is 2.02. The molecule has 1 saturated heterocycles. The monoisotopic (exact) mass is 264 g/mol. The van der Waals surface area contributed by atoms with Gasteiger partial charge in [-0.05, 0) is 13.0 Å². The molecule has 2 rings (SSSR count). The van der Waals surface area contributed by atoms with E-state index in [0.29, 0.717) is 18.8 Å². The minimum atomic E-state index is -0.484. The fraction of sp³-hybridized carbons (Fsp3) is 0.417. The molecule has 1 aliphatic rings. The molecule has 0 aromatic heterocycles. The molecular weight excluding hydrogens is 248 g/mol. The first-order chi connectivity index (χ1) is 9.06. The topological polar surface area (TPSA) is 87.5 Å². The molecule has 0 radical (unpaired) electrons. The Kier molecular flexibility index (Phi) is 3.96. The molecule has 102 valence electrons. The summed E-state index contributed by atoms with van der Waals surface area (Å²) in [4.78, 5) is 23.9. The summed E-state index contributed by atoms with van der Waals surface area (Å²) in [5.41, 5.74) is 0.400. The highest BCUT2D eigenvalue weighted by molar-refractivity contribution is 5.89. The molecule has 2 amide bonds. The molecule has 1 atom stereocenters. The number of hydrogen-bond acceptors (Lipinski definition) is 4. The molecule has 1 aliphatic heterocycles. The van der Waals surface area contributed by atoms with Gasteiger partial charge in [0.05, 0.1) is 4.92 Å². The van der Waals surface area contributed by atoms with E-state index < -0.39 is 4.92 Å². The first-order valence-corrected chi connectivity index (χ1v) is 6.10. The van der Waals surface area contributed by atoms with E-state index in [1.807, 2.05) is 6.92 Å². The Balaban J connectivity index is 2.02. The zero-order valence-corrected chi connectivity index (χ0v) is 10.6. The second-order valence-electron chi connectivity index (χ2n) is 4.54. The number of benzene rings is 1. The van der Waals surface area contributed by atoms with Crippen molar-refractivity contribution in [2.45, 2.75) is 13.0 Å². The van der Waals surface area contributed by atoms with Gasteiger partial charge in [-0.2, -0.15) is 0 Å². The van der Waals surface area contributed by atoms with Crippen molar-refractivity contribution in [2.75, 3.05) is 25.0 Å². The Morgan fingerprint density at radius 3 is 3.05 bits per heavy atom. The van der Waals surface area contributed by atoms with Crippen molar-refractivity contribution < 1.29 is 9.72 Å². The average Bonchev–Trinajstić information content (AvgIpc) is 2.39. The van der Waals surface area contributed by atoms with E-state index in [1.54, 1.807) is 17.0 Å². The van der Waals surface area contributed by atoms with E-state index >= 15 is 0 Å². The molecule has 19 heavy (non-hydrogen) atoms. The number of nitrogens with one attached hydrogen (secondary N) is 2. The third-order valence-electron chi connectivity index (χ3n) is 2.96. The van der Waals surface area contributed by atoms with Crippen LogP contribution in [0, 0.1) is 10.1 Å². The lowest BCUT2D eigenvalue weighted by molar-refractivity contribution is -0.384. The van der Waals surface area contributed by atoms with Gasteiger partial charge in [0.25, 0.3) is 5.69 Å². The predicted octanol–water partition coefficient (Wildman–Crippen LogP) is 1.42. The first-order valence-electron chi connectivity index (χ1n) is 6.10. The number of nitro benzene ring substituents is 1. The average molecular weight is 264 g/mol. The molecule has 0 aliphatic carbocycles. The quantitative estimate of drug-likeness (QED) is 0.624. The number of anilines is 1. The largest absolute Gasteiger partial charge is 0.322 e. The van der Waals surface area contributed by atoms with Gasteiger partial charge >= 0.3 is 6.03 Å². The molecule has 1 fully saturated rings. The van der Waals surface area contributed by atoms with Gasteiger partial charge < -0.3 is 15.5 Å². The van der Waals surface area contributed by atoms with Crippen LogP contribution in [0.1, 0.15) is 6.92 Å². The van der Waals surface area contributed by atoms with Crippen LogP contribution >= 0.6 is 0 Å². The Morgan fingerprint density at radius 2 is 2.37 bits per heavy atom. The molecule has 0 bridgehead atoms. The van der Waals surface area contributed by atoms with Gasteiger partial charge in [0.2, 0.25) is 0 Å². The molecule has 0 spiro atoms. The van der Waals surface area contributed by atoms with Crippen LogP contribution in [0.4, 0.5) is 16.2 Å². The summed E-state index contributed by atoms with van der Waals surface area (Å²) in [6, 6.07) is 5.95. The number of carbonyl (C=O) groups is 1. The third kappa shape index (κ3) is 3.41. The van der Waals surface area contributed by atoms with Crippen LogP contribution in [0.3, 0.4) is 0 Å². The number of carbonyl (C=O) groups excluding carboxylic acids is 1. The van der Waals surface area contributed by atoms with Gasteiger partial charge in [-0.1, -0.05) is 6.07 Å². The smallest absolute Gasteiger partial charge is 0.321 e. The van der Waals surface area contributed by atoms with Crippen LogP contribution in [-0.4, -0.2) is 41.5 Å². The number of rotatable bonds is 2. The summed E-state index contributed by atoms with van der Waals surface area (Å²) in [5.74, 6) is 0. The normalized spacial score (nSPS) is 19.0. The summed E-state index contributed by atoms with van der Waals surface area (Å²) in [6.07, 6.45) is 0. The summed E-state index contributed by atoms with van der Waals surface area (Å²) in [6.45, 7) is 4.02. The van der Waals surface area contributed by atoms with Crippen LogP contribution in [0.25, 0.3) is 0 Å². The van der Waals surface area contributed by atoms with E-state index in [9.17, 15) is 14.9 Å².